The van der Waals surface area contributed by atoms with Gasteiger partial charge in [-0.05, 0) is 6.07 Å². The summed E-state index contributed by atoms with van der Waals surface area (Å²) in [6, 6.07) is 1.58. The Morgan fingerprint density at radius 3 is 3.11 bits per heavy atom. The zero-order valence-electron chi connectivity index (χ0n) is 10.1. The SMILES string of the molecule is O=C(Nc1ncc[nH]1)c1ccncc1C#CCCO. The van der Waals surface area contributed by atoms with E-state index in [4.69, 9.17) is 5.11 Å². The van der Waals surface area contributed by atoms with Crippen LogP contribution in [0.4, 0.5) is 5.95 Å². The first kappa shape index (κ1) is 12.8. The molecule has 96 valence electrons. The monoisotopic (exact) mass is 256 g/mol. The van der Waals surface area contributed by atoms with Gasteiger partial charge in [-0.15, -0.1) is 0 Å². The lowest BCUT2D eigenvalue weighted by Gasteiger charge is -2.03. The maximum atomic E-state index is 12.0. The zero-order valence-corrected chi connectivity index (χ0v) is 10.1. The van der Waals surface area contributed by atoms with Crippen LogP contribution in [0.2, 0.25) is 0 Å². The minimum Gasteiger partial charge on any atom is -0.395 e. The molecule has 0 aliphatic rings. The molecule has 0 atom stereocenters. The molecule has 0 aliphatic carbocycles. The van der Waals surface area contributed by atoms with Crippen LogP contribution in [-0.2, 0) is 0 Å². The van der Waals surface area contributed by atoms with Gasteiger partial charge in [0.05, 0.1) is 17.7 Å². The Morgan fingerprint density at radius 1 is 1.47 bits per heavy atom. The van der Waals surface area contributed by atoms with Gasteiger partial charge in [0, 0.05) is 31.2 Å². The molecule has 0 aromatic carbocycles. The second kappa shape index (κ2) is 6.33. The molecule has 2 heterocycles. The lowest BCUT2D eigenvalue weighted by atomic mass is 10.1. The molecule has 2 aromatic heterocycles. The summed E-state index contributed by atoms with van der Waals surface area (Å²) in [5.74, 6) is 5.63. The van der Waals surface area contributed by atoms with Crippen molar-refractivity contribution in [2.24, 2.45) is 0 Å². The molecule has 2 aromatic rings. The van der Waals surface area contributed by atoms with Gasteiger partial charge in [0.25, 0.3) is 5.91 Å². The summed E-state index contributed by atoms with van der Waals surface area (Å²) < 4.78 is 0. The summed E-state index contributed by atoms with van der Waals surface area (Å²) >= 11 is 0. The molecule has 0 unspecified atom stereocenters. The maximum absolute atomic E-state index is 12.0. The van der Waals surface area contributed by atoms with Gasteiger partial charge in [0.2, 0.25) is 5.95 Å². The predicted octanol–water partition coefficient (Wildman–Crippen LogP) is 0.791. The first-order valence-electron chi connectivity index (χ1n) is 5.65. The molecule has 6 nitrogen and oxygen atoms in total. The molecule has 0 saturated heterocycles. The van der Waals surface area contributed by atoms with Crippen LogP contribution in [0.25, 0.3) is 0 Å². The molecule has 2 rings (SSSR count). The highest BCUT2D eigenvalue weighted by atomic mass is 16.2. The number of H-pyrrole nitrogens is 1. The van der Waals surface area contributed by atoms with Crippen LogP contribution in [0.1, 0.15) is 22.3 Å². The lowest BCUT2D eigenvalue weighted by Crippen LogP contribution is -2.14. The number of anilines is 1. The fourth-order valence-corrected chi connectivity index (χ4v) is 1.41. The average Bonchev–Trinajstić information content (AvgIpc) is 2.92. The number of aliphatic hydroxyl groups is 1. The van der Waals surface area contributed by atoms with Crippen LogP contribution < -0.4 is 5.32 Å². The van der Waals surface area contributed by atoms with E-state index in [-0.39, 0.29) is 12.5 Å². The summed E-state index contributed by atoms with van der Waals surface area (Å²) in [7, 11) is 0. The second-order valence-corrected chi connectivity index (χ2v) is 3.59. The van der Waals surface area contributed by atoms with E-state index in [9.17, 15) is 4.79 Å². The third-order valence-corrected chi connectivity index (χ3v) is 2.26. The van der Waals surface area contributed by atoms with Crippen LogP contribution in [0.15, 0.2) is 30.9 Å². The van der Waals surface area contributed by atoms with Gasteiger partial charge in [-0.2, -0.15) is 0 Å². The van der Waals surface area contributed by atoms with Crippen LogP contribution in [-0.4, -0.2) is 32.6 Å². The fourth-order valence-electron chi connectivity index (χ4n) is 1.41. The second-order valence-electron chi connectivity index (χ2n) is 3.59. The molecule has 19 heavy (non-hydrogen) atoms. The summed E-state index contributed by atoms with van der Waals surface area (Å²) in [5, 5.41) is 11.3. The quantitative estimate of drug-likeness (QED) is 0.708. The van der Waals surface area contributed by atoms with E-state index >= 15 is 0 Å². The van der Waals surface area contributed by atoms with Crippen molar-refractivity contribution in [2.45, 2.75) is 6.42 Å². The number of imidazole rings is 1. The van der Waals surface area contributed by atoms with E-state index in [1.165, 1.54) is 12.4 Å². The Balaban J connectivity index is 2.20. The highest BCUT2D eigenvalue weighted by molar-refractivity contribution is 6.05. The van der Waals surface area contributed by atoms with Gasteiger partial charge < -0.3 is 10.1 Å². The number of carbonyl (C=O) groups is 1. The summed E-state index contributed by atoms with van der Waals surface area (Å²) in [4.78, 5) is 22.7. The van der Waals surface area contributed by atoms with Crippen molar-refractivity contribution in [3.8, 4) is 11.8 Å². The number of nitrogens with zero attached hydrogens (tertiary/aromatic N) is 2. The van der Waals surface area contributed by atoms with Crippen molar-refractivity contribution < 1.29 is 9.90 Å². The van der Waals surface area contributed by atoms with Gasteiger partial charge in [-0.3, -0.25) is 15.1 Å². The largest absolute Gasteiger partial charge is 0.395 e. The first-order valence-corrected chi connectivity index (χ1v) is 5.65. The van der Waals surface area contributed by atoms with E-state index in [1.54, 1.807) is 18.5 Å². The van der Waals surface area contributed by atoms with Gasteiger partial charge >= 0.3 is 0 Å². The van der Waals surface area contributed by atoms with Crippen LogP contribution >= 0.6 is 0 Å². The van der Waals surface area contributed by atoms with Crippen molar-refractivity contribution >= 4 is 11.9 Å². The Hall–Kier alpha value is -2.65. The Morgan fingerprint density at radius 2 is 2.37 bits per heavy atom. The normalized spacial score (nSPS) is 9.53. The molecule has 0 radical (unpaired) electrons. The molecular weight excluding hydrogens is 244 g/mol. The van der Waals surface area contributed by atoms with E-state index in [0.29, 0.717) is 23.5 Å². The highest BCUT2D eigenvalue weighted by Crippen LogP contribution is 2.08. The van der Waals surface area contributed by atoms with Crippen LogP contribution in [0.5, 0.6) is 0 Å². The van der Waals surface area contributed by atoms with E-state index in [1.807, 2.05) is 0 Å². The van der Waals surface area contributed by atoms with E-state index in [0.717, 1.165) is 0 Å². The molecule has 0 saturated carbocycles. The lowest BCUT2D eigenvalue weighted by molar-refractivity contribution is 0.102. The van der Waals surface area contributed by atoms with Gasteiger partial charge in [0.1, 0.15) is 0 Å². The Bertz CT molecular complexity index is 611. The van der Waals surface area contributed by atoms with Crippen molar-refractivity contribution in [1.82, 2.24) is 15.0 Å². The number of aromatic nitrogens is 3. The average molecular weight is 256 g/mol. The van der Waals surface area contributed by atoms with Crippen LogP contribution in [0, 0.1) is 11.8 Å². The Kier molecular flexibility index (Phi) is 4.26. The number of aromatic amines is 1. The van der Waals surface area contributed by atoms with Crippen molar-refractivity contribution in [1.29, 1.82) is 0 Å². The molecule has 6 heteroatoms. The molecule has 0 bridgehead atoms. The van der Waals surface area contributed by atoms with Gasteiger partial charge in [0.15, 0.2) is 0 Å². The molecule has 0 fully saturated rings. The van der Waals surface area contributed by atoms with Crippen molar-refractivity contribution in [3.05, 3.63) is 42.0 Å². The standard InChI is InChI=1S/C13H12N4O2/c18-8-2-1-3-10-9-14-5-4-11(10)12(19)17-13-15-6-7-16-13/h4-7,9,18H,2,8H2,(H2,15,16,17,19). The number of rotatable bonds is 3. The number of aliphatic hydroxyl groups excluding tert-OH is 1. The maximum Gasteiger partial charge on any atom is 0.259 e. The molecule has 1 amide bonds. The van der Waals surface area contributed by atoms with Crippen LogP contribution in [0.3, 0.4) is 0 Å². The van der Waals surface area contributed by atoms with Crippen molar-refractivity contribution in [3.63, 3.8) is 0 Å². The Labute approximate surface area is 109 Å². The predicted molar refractivity (Wildman–Crippen MR) is 69.4 cm³/mol. The van der Waals surface area contributed by atoms with Gasteiger partial charge in [-0.25, -0.2) is 4.98 Å². The fraction of sp³-hybridized carbons (Fsp3) is 0.154. The third-order valence-electron chi connectivity index (χ3n) is 2.26. The van der Waals surface area contributed by atoms with Crippen molar-refractivity contribution in [2.75, 3.05) is 11.9 Å². The number of nitrogens with one attached hydrogen (secondary N) is 2. The molecular formula is C13H12N4O2. The molecule has 0 spiro atoms. The van der Waals surface area contributed by atoms with E-state index < -0.39 is 0 Å². The topological polar surface area (TPSA) is 90.9 Å². The number of amides is 1. The summed E-state index contributed by atoms with van der Waals surface area (Å²) in [6.45, 7) is -0.0127. The third kappa shape index (κ3) is 3.40. The zero-order chi connectivity index (χ0) is 13.5. The van der Waals surface area contributed by atoms with Gasteiger partial charge in [-0.1, -0.05) is 11.8 Å². The molecule has 3 N–H and O–H groups in total. The minimum atomic E-state index is -0.314. The number of hydrogen-bond acceptors (Lipinski definition) is 4. The minimum absolute atomic E-state index is 0.0127. The summed E-state index contributed by atoms with van der Waals surface area (Å²) in [6.07, 6.45) is 6.55. The number of carbonyl (C=O) groups excluding carboxylic acids is 1. The first-order chi connectivity index (χ1) is 9.31. The molecule has 0 aliphatic heterocycles. The van der Waals surface area contributed by atoms with E-state index in [2.05, 4.69) is 32.1 Å². The smallest absolute Gasteiger partial charge is 0.259 e. The summed E-state index contributed by atoms with van der Waals surface area (Å²) in [5.41, 5.74) is 0.928. The highest BCUT2D eigenvalue weighted by Gasteiger charge is 2.11. The number of hydrogen-bond donors (Lipinski definition) is 3. The number of pyridine rings is 1.